The number of hydrogen-bond donors (Lipinski definition) is 1. The third-order valence-corrected chi connectivity index (χ3v) is 4.66. The van der Waals surface area contributed by atoms with E-state index in [2.05, 4.69) is 34.5 Å². The highest BCUT2D eigenvalue weighted by molar-refractivity contribution is 5.97. The second kappa shape index (κ2) is 6.64. The molecule has 1 aromatic carbocycles. The Balaban J connectivity index is 1.60. The van der Waals surface area contributed by atoms with Crippen molar-refractivity contribution in [1.82, 2.24) is 25.0 Å². The summed E-state index contributed by atoms with van der Waals surface area (Å²) in [5.74, 6) is 0.0409. The predicted octanol–water partition coefficient (Wildman–Crippen LogP) is 1.91. The Hall–Kier alpha value is -2.73. The third kappa shape index (κ3) is 3.13. The minimum absolute atomic E-state index is 0.0409. The molecule has 3 heterocycles. The molecular weight excluding hydrogens is 314 g/mol. The van der Waals surface area contributed by atoms with Crippen LogP contribution in [0, 0.1) is 0 Å². The van der Waals surface area contributed by atoms with Crippen LogP contribution in [0.1, 0.15) is 22.8 Å². The summed E-state index contributed by atoms with van der Waals surface area (Å²) in [6.07, 6.45) is 3.45. The Bertz CT molecular complexity index is 889. The first-order valence-corrected chi connectivity index (χ1v) is 8.59. The van der Waals surface area contributed by atoms with Gasteiger partial charge in [-0.3, -0.25) is 4.79 Å². The van der Waals surface area contributed by atoms with Gasteiger partial charge in [0.05, 0.1) is 18.3 Å². The number of rotatable bonds is 3. The molecule has 1 N–H and O–H groups in total. The zero-order valence-corrected chi connectivity index (χ0v) is 14.2. The lowest BCUT2D eigenvalue weighted by Crippen LogP contribution is -2.52. The SMILES string of the molecule is C[C@@H]1CNCCN1C(=O)c1cnc2c(cnn2Cc2ccccc2)c1. The molecule has 0 unspecified atom stereocenters. The van der Waals surface area contributed by atoms with E-state index in [1.165, 1.54) is 5.56 Å². The summed E-state index contributed by atoms with van der Waals surface area (Å²) in [7, 11) is 0. The minimum Gasteiger partial charge on any atom is -0.333 e. The summed E-state index contributed by atoms with van der Waals surface area (Å²) in [5, 5.41) is 8.63. The molecule has 1 saturated heterocycles. The summed E-state index contributed by atoms with van der Waals surface area (Å²) in [5.41, 5.74) is 2.60. The van der Waals surface area contributed by atoms with Gasteiger partial charge in [-0.1, -0.05) is 30.3 Å². The maximum absolute atomic E-state index is 12.8. The van der Waals surface area contributed by atoms with E-state index in [0.29, 0.717) is 12.1 Å². The Morgan fingerprint density at radius 3 is 2.92 bits per heavy atom. The van der Waals surface area contributed by atoms with Gasteiger partial charge in [0.25, 0.3) is 5.91 Å². The zero-order valence-electron chi connectivity index (χ0n) is 14.2. The highest BCUT2D eigenvalue weighted by atomic mass is 16.2. The van der Waals surface area contributed by atoms with E-state index < -0.39 is 0 Å². The van der Waals surface area contributed by atoms with Gasteiger partial charge in [0.2, 0.25) is 0 Å². The minimum atomic E-state index is 0.0409. The number of carbonyl (C=O) groups excluding carboxylic acids is 1. The molecule has 0 aliphatic carbocycles. The quantitative estimate of drug-likeness (QED) is 0.794. The number of hydrogen-bond acceptors (Lipinski definition) is 4. The van der Waals surface area contributed by atoms with Crippen LogP contribution >= 0.6 is 0 Å². The first-order chi connectivity index (χ1) is 12.2. The van der Waals surface area contributed by atoms with Crippen molar-refractivity contribution in [2.45, 2.75) is 19.5 Å². The summed E-state index contributed by atoms with van der Waals surface area (Å²) in [6.45, 7) is 5.12. The number of piperazine rings is 1. The van der Waals surface area contributed by atoms with Crippen LogP contribution in [0.15, 0.2) is 48.8 Å². The second-order valence-corrected chi connectivity index (χ2v) is 6.48. The maximum Gasteiger partial charge on any atom is 0.255 e. The van der Waals surface area contributed by atoms with Crippen LogP contribution < -0.4 is 5.32 Å². The summed E-state index contributed by atoms with van der Waals surface area (Å²) in [6, 6.07) is 12.2. The van der Waals surface area contributed by atoms with Crippen LogP contribution in [0.3, 0.4) is 0 Å². The number of benzene rings is 1. The third-order valence-electron chi connectivity index (χ3n) is 4.66. The highest BCUT2D eigenvalue weighted by Crippen LogP contribution is 2.17. The fourth-order valence-electron chi connectivity index (χ4n) is 3.27. The maximum atomic E-state index is 12.8. The van der Waals surface area contributed by atoms with Gasteiger partial charge < -0.3 is 10.2 Å². The molecule has 0 radical (unpaired) electrons. The van der Waals surface area contributed by atoms with Crippen LogP contribution in [0.4, 0.5) is 0 Å². The first kappa shape index (κ1) is 15.8. The van der Waals surface area contributed by atoms with Crippen LogP contribution in [-0.4, -0.2) is 51.2 Å². The van der Waals surface area contributed by atoms with Gasteiger partial charge in [-0.15, -0.1) is 0 Å². The molecule has 6 heteroatoms. The summed E-state index contributed by atoms with van der Waals surface area (Å²) in [4.78, 5) is 19.2. The molecule has 4 rings (SSSR count). The molecule has 3 aromatic rings. The molecule has 1 aliphatic rings. The molecule has 6 nitrogen and oxygen atoms in total. The lowest BCUT2D eigenvalue weighted by Gasteiger charge is -2.33. The van der Waals surface area contributed by atoms with Crippen LogP contribution in [0.25, 0.3) is 11.0 Å². The number of aromatic nitrogens is 3. The van der Waals surface area contributed by atoms with E-state index in [1.807, 2.05) is 33.8 Å². The average Bonchev–Trinajstić information content (AvgIpc) is 3.04. The van der Waals surface area contributed by atoms with Crippen molar-refractivity contribution < 1.29 is 4.79 Å². The topological polar surface area (TPSA) is 63.1 Å². The van der Waals surface area contributed by atoms with Crippen molar-refractivity contribution in [3.8, 4) is 0 Å². The van der Waals surface area contributed by atoms with E-state index >= 15 is 0 Å². The van der Waals surface area contributed by atoms with Gasteiger partial charge in [0, 0.05) is 37.3 Å². The molecule has 0 spiro atoms. The molecule has 1 fully saturated rings. The van der Waals surface area contributed by atoms with Crippen molar-refractivity contribution in [3.63, 3.8) is 0 Å². The Morgan fingerprint density at radius 2 is 2.12 bits per heavy atom. The van der Waals surface area contributed by atoms with Gasteiger partial charge >= 0.3 is 0 Å². The molecule has 0 bridgehead atoms. The number of nitrogens with one attached hydrogen (secondary N) is 1. The molecule has 128 valence electrons. The second-order valence-electron chi connectivity index (χ2n) is 6.48. The fourth-order valence-corrected chi connectivity index (χ4v) is 3.27. The van der Waals surface area contributed by atoms with Gasteiger partial charge in [0.1, 0.15) is 0 Å². The molecule has 1 amide bonds. The normalized spacial score (nSPS) is 17.8. The van der Waals surface area contributed by atoms with E-state index in [0.717, 1.165) is 30.7 Å². The first-order valence-electron chi connectivity index (χ1n) is 8.59. The largest absolute Gasteiger partial charge is 0.333 e. The number of nitrogens with zero attached hydrogens (tertiary/aromatic N) is 4. The number of fused-ring (bicyclic) bond motifs is 1. The van der Waals surface area contributed by atoms with Crippen LogP contribution in [0.5, 0.6) is 0 Å². The van der Waals surface area contributed by atoms with E-state index in [9.17, 15) is 4.79 Å². The fraction of sp³-hybridized carbons (Fsp3) is 0.316. The Morgan fingerprint density at radius 1 is 1.28 bits per heavy atom. The van der Waals surface area contributed by atoms with Crippen molar-refractivity contribution in [1.29, 1.82) is 0 Å². The smallest absolute Gasteiger partial charge is 0.255 e. The summed E-state index contributed by atoms with van der Waals surface area (Å²) < 4.78 is 1.87. The molecule has 25 heavy (non-hydrogen) atoms. The Labute approximate surface area is 146 Å². The molecular formula is C19H21N5O. The van der Waals surface area contributed by atoms with Crippen molar-refractivity contribution in [2.75, 3.05) is 19.6 Å². The predicted molar refractivity (Wildman–Crippen MR) is 96.4 cm³/mol. The number of carbonyl (C=O) groups is 1. The molecule has 2 aromatic heterocycles. The number of amides is 1. The molecule has 1 atom stereocenters. The standard InChI is InChI=1S/C19H21N5O/c1-14-10-20-7-8-23(14)19(25)17-9-16-12-22-24(18(16)21-11-17)13-15-5-3-2-4-6-15/h2-6,9,11-12,14,20H,7-8,10,13H2,1H3/t14-/m1/s1. The van der Waals surface area contributed by atoms with E-state index in [-0.39, 0.29) is 11.9 Å². The lowest BCUT2D eigenvalue weighted by atomic mass is 10.1. The lowest BCUT2D eigenvalue weighted by molar-refractivity contribution is 0.0655. The van der Waals surface area contributed by atoms with Crippen molar-refractivity contribution in [2.24, 2.45) is 0 Å². The van der Waals surface area contributed by atoms with E-state index in [1.54, 1.807) is 12.4 Å². The van der Waals surface area contributed by atoms with Gasteiger partial charge in [-0.2, -0.15) is 5.10 Å². The Kier molecular flexibility index (Phi) is 4.19. The van der Waals surface area contributed by atoms with Gasteiger partial charge in [-0.05, 0) is 18.6 Å². The number of pyridine rings is 1. The van der Waals surface area contributed by atoms with E-state index in [4.69, 9.17) is 0 Å². The van der Waals surface area contributed by atoms with Crippen molar-refractivity contribution >= 4 is 16.9 Å². The zero-order chi connectivity index (χ0) is 17.2. The van der Waals surface area contributed by atoms with Gasteiger partial charge in [0.15, 0.2) is 5.65 Å². The van der Waals surface area contributed by atoms with Crippen LogP contribution in [-0.2, 0) is 6.54 Å². The van der Waals surface area contributed by atoms with Crippen molar-refractivity contribution in [3.05, 3.63) is 59.9 Å². The van der Waals surface area contributed by atoms with Gasteiger partial charge in [-0.25, -0.2) is 9.67 Å². The average molecular weight is 335 g/mol. The summed E-state index contributed by atoms with van der Waals surface area (Å²) >= 11 is 0. The molecule has 1 aliphatic heterocycles. The molecule has 0 saturated carbocycles. The highest BCUT2D eigenvalue weighted by Gasteiger charge is 2.24. The van der Waals surface area contributed by atoms with Crippen LogP contribution in [0.2, 0.25) is 0 Å². The monoisotopic (exact) mass is 335 g/mol.